The zero-order chi connectivity index (χ0) is 14.5. The zero-order valence-corrected chi connectivity index (χ0v) is 11.6. The van der Waals surface area contributed by atoms with E-state index in [0.29, 0.717) is 11.6 Å². The molecule has 1 aromatic carbocycles. The minimum absolute atomic E-state index is 0.0224. The maximum Gasteiger partial charge on any atom is 0.320 e. The summed E-state index contributed by atoms with van der Waals surface area (Å²) in [6, 6.07) is 4.62. The molecule has 0 saturated heterocycles. The minimum atomic E-state index is -0.426. The highest BCUT2D eigenvalue weighted by molar-refractivity contribution is 5.55. The average molecular weight is 280 g/mol. The van der Waals surface area contributed by atoms with Gasteiger partial charge in [0.05, 0.1) is 13.2 Å². The predicted octanol–water partition coefficient (Wildman–Crippen LogP) is 2.63. The van der Waals surface area contributed by atoms with Gasteiger partial charge in [-0.1, -0.05) is 12.0 Å². The molecule has 1 unspecified atom stereocenters. The van der Waals surface area contributed by atoms with E-state index in [1.807, 2.05) is 13.8 Å². The molecular formula is C13H17FN4O2. The van der Waals surface area contributed by atoms with Crippen molar-refractivity contribution in [3.63, 3.8) is 0 Å². The molecule has 0 aliphatic heterocycles. The number of benzene rings is 1. The van der Waals surface area contributed by atoms with Crippen LogP contribution < -0.4 is 15.4 Å². The molecule has 0 radical (unpaired) electrons. The standard InChI is InChI=1S/C13H17FN4O2/c1-4-15-8(2)12-17-18-13(20-12)16-9-5-6-10(14)11(7-9)19-3/h5-8,15H,4H2,1-3H3,(H,16,18). The fraction of sp³-hybridized carbons (Fsp3) is 0.385. The number of hydrogen-bond acceptors (Lipinski definition) is 6. The summed E-state index contributed by atoms with van der Waals surface area (Å²) in [7, 11) is 1.41. The van der Waals surface area contributed by atoms with Crippen molar-refractivity contribution in [2.45, 2.75) is 19.9 Å². The summed E-state index contributed by atoms with van der Waals surface area (Å²) >= 11 is 0. The molecule has 20 heavy (non-hydrogen) atoms. The van der Waals surface area contributed by atoms with Gasteiger partial charge in [-0.2, -0.15) is 0 Å². The van der Waals surface area contributed by atoms with Gasteiger partial charge in [0.1, 0.15) is 0 Å². The Morgan fingerprint density at radius 1 is 1.40 bits per heavy atom. The molecular weight excluding hydrogens is 263 g/mol. The van der Waals surface area contributed by atoms with E-state index in [4.69, 9.17) is 9.15 Å². The van der Waals surface area contributed by atoms with Gasteiger partial charge in [0.25, 0.3) is 0 Å². The predicted molar refractivity (Wildman–Crippen MR) is 72.6 cm³/mol. The van der Waals surface area contributed by atoms with Crippen LogP contribution in [-0.2, 0) is 0 Å². The Bertz CT molecular complexity index is 573. The van der Waals surface area contributed by atoms with E-state index >= 15 is 0 Å². The molecule has 6 nitrogen and oxygen atoms in total. The third kappa shape index (κ3) is 3.24. The molecule has 1 atom stereocenters. The van der Waals surface area contributed by atoms with E-state index in [0.717, 1.165) is 6.54 Å². The molecule has 0 aliphatic carbocycles. The van der Waals surface area contributed by atoms with Crippen molar-refractivity contribution in [2.75, 3.05) is 19.0 Å². The Hall–Kier alpha value is -2.15. The topological polar surface area (TPSA) is 72.2 Å². The molecule has 0 bridgehead atoms. The zero-order valence-electron chi connectivity index (χ0n) is 11.6. The summed E-state index contributed by atoms with van der Waals surface area (Å²) in [5.41, 5.74) is 0.606. The number of anilines is 2. The largest absolute Gasteiger partial charge is 0.494 e. The van der Waals surface area contributed by atoms with Gasteiger partial charge in [-0.3, -0.25) is 0 Å². The van der Waals surface area contributed by atoms with Crippen molar-refractivity contribution in [2.24, 2.45) is 0 Å². The summed E-state index contributed by atoms with van der Waals surface area (Å²) in [5, 5.41) is 13.9. The van der Waals surface area contributed by atoms with E-state index in [1.54, 1.807) is 6.07 Å². The lowest BCUT2D eigenvalue weighted by Gasteiger charge is -2.07. The van der Waals surface area contributed by atoms with Crippen LogP contribution in [0, 0.1) is 5.82 Å². The first-order chi connectivity index (χ1) is 9.63. The molecule has 2 rings (SSSR count). The van der Waals surface area contributed by atoms with E-state index in [2.05, 4.69) is 20.8 Å². The monoisotopic (exact) mass is 280 g/mol. The van der Waals surface area contributed by atoms with Gasteiger partial charge in [-0.05, 0) is 25.6 Å². The van der Waals surface area contributed by atoms with Crippen molar-refractivity contribution in [3.8, 4) is 5.75 Å². The van der Waals surface area contributed by atoms with Gasteiger partial charge in [0.15, 0.2) is 11.6 Å². The van der Waals surface area contributed by atoms with Crippen LogP contribution >= 0.6 is 0 Å². The highest BCUT2D eigenvalue weighted by atomic mass is 19.1. The van der Waals surface area contributed by atoms with Crippen LogP contribution in [0.2, 0.25) is 0 Å². The van der Waals surface area contributed by atoms with Crippen LogP contribution in [0.4, 0.5) is 16.1 Å². The van der Waals surface area contributed by atoms with Crippen LogP contribution in [0.3, 0.4) is 0 Å². The number of aromatic nitrogens is 2. The average Bonchev–Trinajstić information content (AvgIpc) is 2.90. The first-order valence-electron chi connectivity index (χ1n) is 6.31. The number of hydrogen-bond donors (Lipinski definition) is 2. The molecule has 1 aromatic heterocycles. The Morgan fingerprint density at radius 3 is 2.90 bits per heavy atom. The molecule has 2 N–H and O–H groups in total. The Morgan fingerprint density at radius 2 is 2.20 bits per heavy atom. The highest BCUT2D eigenvalue weighted by Crippen LogP contribution is 2.24. The number of halogens is 1. The van der Waals surface area contributed by atoms with Crippen LogP contribution in [-0.4, -0.2) is 23.9 Å². The van der Waals surface area contributed by atoms with E-state index in [9.17, 15) is 4.39 Å². The summed E-state index contributed by atoms with van der Waals surface area (Å²) in [5.74, 6) is 0.212. The third-order valence-corrected chi connectivity index (χ3v) is 2.72. The molecule has 0 spiro atoms. The molecule has 7 heteroatoms. The Labute approximate surface area is 116 Å². The van der Waals surface area contributed by atoms with Crippen LogP contribution in [0.25, 0.3) is 0 Å². The lowest BCUT2D eigenvalue weighted by Crippen LogP contribution is -2.17. The number of nitrogens with zero attached hydrogens (tertiary/aromatic N) is 2. The van der Waals surface area contributed by atoms with Crippen LogP contribution in [0.15, 0.2) is 22.6 Å². The van der Waals surface area contributed by atoms with E-state index in [-0.39, 0.29) is 17.8 Å². The number of ether oxygens (including phenoxy) is 1. The van der Waals surface area contributed by atoms with Crippen molar-refractivity contribution >= 4 is 11.7 Å². The number of rotatable bonds is 6. The number of nitrogens with one attached hydrogen (secondary N) is 2. The summed E-state index contributed by atoms with van der Waals surface area (Å²) in [6.07, 6.45) is 0. The van der Waals surface area contributed by atoms with Gasteiger partial charge in [0, 0.05) is 11.8 Å². The molecule has 0 saturated carbocycles. The van der Waals surface area contributed by atoms with Crippen molar-refractivity contribution in [3.05, 3.63) is 29.9 Å². The molecule has 2 aromatic rings. The summed E-state index contributed by atoms with van der Waals surface area (Å²) in [6.45, 7) is 4.74. The molecule has 0 fully saturated rings. The third-order valence-electron chi connectivity index (χ3n) is 2.72. The van der Waals surface area contributed by atoms with Gasteiger partial charge in [0.2, 0.25) is 5.89 Å². The van der Waals surface area contributed by atoms with Crippen LogP contribution in [0.1, 0.15) is 25.8 Å². The number of methoxy groups -OCH3 is 1. The van der Waals surface area contributed by atoms with Gasteiger partial charge < -0.3 is 19.8 Å². The second-order valence-electron chi connectivity index (χ2n) is 4.20. The second-order valence-corrected chi connectivity index (χ2v) is 4.20. The maximum atomic E-state index is 13.3. The van der Waals surface area contributed by atoms with Gasteiger partial charge in [-0.25, -0.2) is 4.39 Å². The summed E-state index contributed by atoms with van der Waals surface area (Å²) in [4.78, 5) is 0. The van der Waals surface area contributed by atoms with Gasteiger partial charge in [-0.15, -0.1) is 5.10 Å². The van der Waals surface area contributed by atoms with Crippen molar-refractivity contribution in [1.29, 1.82) is 0 Å². The van der Waals surface area contributed by atoms with E-state index < -0.39 is 5.82 Å². The SMILES string of the molecule is CCNC(C)c1nnc(Nc2ccc(F)c(OC)c2)o1. The normalized spacial score (nSPS) is 12.2. The molecule has 0 aliphatic rings. The Kier molecular flexibility index (Phi) is 4.52. The smallest absolute Gasteiger partial charge is 0.320 e. The molecule has 1 heterocycles. The van der Waals surface area contributed by atoms with Crippen molar-refractivity contribution < 1.29 is 13.5 Å². The first kappa shape index (κ1) is 14.3. The lowest BCUT2D eigenvalue weighted by molar-refractivity contribution is 0.387. The van der Waals surface area contributed by atoms with Crippen molar-refractivity contribution in [1.82, 2.24) is 15.5 Å². The fourth-order valence-electron chi connectivity index (χ4n) is 1.71. The first-order valence-corrected chi connectivity index (χ1v) is 6.31. The minimum Gasteiger partial charge on any atom is -0.494 e. The quantitative estimate of drug-likeness (QED) is 0.847. The summed E-state index contributed by atoms with van der Waals surface area (Å²) < 4.78 is 23.7. The maximum absolute atomic E-state index is 13.3. The second kappa shape index (κ2) is 6.33. The highest BCUT2D eigenvalue weighted by Gasteiger charge is 2.13. The van der Waals surface area contributed by atoms with Crippen LogP contribution in [0.5, 0.6) is 5.75 Å². The molecule has 108 valence electrons. The van der Waals surface area contributed by atoms with Gasteiger partial charge >= 0.3 is 6.01 Å². The fourth-order valence-corrected chi connectivity index (χ4v) is 1.71. The molecule has 0 amide bonds. The van der Waals surface area contributed by atoms with E-state index in [1.165, 1.54) is 19.2 Å². The Balaban J connectivity index is 2.10. The lowest BCUT2D eigenvalue weighted by atomic mass is 10.3.